The Morgan fingerprint density at radius 3 is 3.00 bits per heavy atom. The first-order valence-electron chi connectivity index (χ1n) is 3.37. The van der Waals surface area contributed by atoms with Crippen molar-refractivity contribution in [1.29, 1.82) is 0 Å². The predicted octanol–water partition coefficient (Wildman–Crippen LogP) is 0.764. The molecule has 1 rings (SSSR count). The second-order valence-corrected chi connectivity index (χ2v) is 2.93. The largest absolute Gasteiger partial charge is 0.458 e. The molecule has 4 nitrogen and oxygen atoms in total. The molecular formula is C7H8BrNO3. The summed E-state index contributed by atoms with van der Waals surface area (Å²) in [6.45, 7) is 0.149. The number of rotatable bonds is 3. The molecule has 66 valence electrons. The van der Waals surface area contributed by atoms with Gasteiger partial charge in [0.05, 0.1) is 17.3 Å². The molecule has 12 heavy (non-hydrogen) atoms. The van der Waals surface area contributed by atoms with Gasteiger partial charge < -0.3 is 14.8 Å². The first-order chi connectivity index (χ1) is 5.75. The topological polar surface area (TPSA) is 62.5 Å². The summed E-state index contributed by atoms with van der Waals surface area (Å²) in [7, 11) is 0. The quantitative estimate of drug-likeness (QED) is 0.811. The molecule has 0 fully saturated rings. The number of hydrogen-bond acceptors (Lipinski definition) is 3. The van der Waals surface area contributed by atoms with Gasteiger partial charge in [-0.3, -0.25) is 4.79 Å². The van der Waals surface area contributed by atoms with Crippen LogP contribution >= 0.6 is 15.9 Å². The Morgan fingerprint density at radius 2 is 2.50 bits per heavy atom. The van der Waals surface area contributed by atoms with Crippen LogP contribution in [0.1, 0.15) is 10.6 Å². The maximum Gasteiger partial charge on any atom is 0.288 e. The predicted molar refractivity (Wildman–Crippen MR) is 45.8 cm³/mol. The van der Waals surface area contributed by atoms with Crippen molar-refractivity contribution in [3.8, 4) is 0 Å². The molecule has 0 saturated heterocycles. The standard InChI is InChI=1S/C7H8BrNO3/c8-5-1-4-12-6(5)7(11)9-2-3-10/h1,4,10H,2-3H2,(H,9,11). The molecule has 0 aliphatic carbocycles. The van der Waals surface area contributed by atoms with Gasteiger partial charge in [-0.15, -0.1) is 0 Å². The molecule has 2 N–H and O–H groups in total. The highest BCUT2D eigenvalue weighted by Gasteiger charge is 2.11. The van der Waals surface area contributed by atoms with Crippen LogP contribution in [0.5, 0.6) is 0 Å². The number of halogens is 1. The van der Waals surface area contributed by atoms with Crippen LogP contribution in [0.15, 0.2) is 21.2 Å². The Bertz CT molecular complexity index is 271. The van der Waals surface area contributed by atoms with E-state index in [9.17, 15) is 4.79 Å². The number of carbonyl (C=O) groups excluding carboxylic acids is 1. The van der Waals surface area contributed by atoms with E-state index in [1.54, 1.807) is 6.07 Å². The van der Waals surface area contributed by atoms with Crippen molar-refractivity contribution in [3.05, 3.63) is 22.6 Å². The van der Waals surface area contributed by atoms with Crippen LogP contribution in [-0.2, 0) is 0 Å². The number of carbonyl (C=O) groups is 1. The first kappa shape index (κ1) is 9.28. The highest BCUT2D eigenvalue weighted by atomic mass is 79.9. The molecular weight excluding hydrogens is 226 g/mol. The van der Waals surface area contributed by atoms with Gasteiger partial charge in [0.25, 0.3) is 5.91 Å². The third-order valence-electron chi connectivity index (χ3n) is 1.22. The van der Waals surface area contributed by atoms with Crippen LogP contribution in [0.3, 0.4) is 0 Å². The van der Waals surface area contributed by atoms with E-state index in [0.717, 1.165) is 0 Å². The van der Waals surface area contributed by atoms with E-state index in [1.165, 1.54) is 6.26 Å². The van der Waals surface area contributed by atoms with E-state index in [4.69, 9.17) is 9.52 Å². The minimum Gasteiger partial charge on any atom is -0.458 e. The molecule has 0 aliphatic heterocycles. The smallest absolute Gasteiger partial charge is 0.288 e. The van der Waals surface area contributed by atoms with Crippen molar-refractivity contribution in [2.24, 2.45) is 0 Å². The molecule has 0 radical (unpaired) electrons. The lowest BCUT2D eigenvalue weighted by Gasteiger charge is -1.99. The van der Waals surface area contributed by atoms with Gasteiger partial charge in [0, 0.05) is 6.54 Å². The van der Waals surface area contributed by atoms with E-state index in [-0.39, 0.29) is 24.8 Å². The molecule has 0 unspecified atom stereocenters. The SMILES string of the molecule is O=C(NCCO)c1occc1Br. The summed E-state index contributed by atoms with van der Waals surface area (Å²) in [5.74, 6) is -0.107. The molecule has 0 saturated carbocycles. The Hall–Kier alpha value is -0.810. The molecule has 0 aromatic carbocycles. The maximum absolute atomic E-state index is 11.1. The monoisotopic (exact) mass is 233 g/mol. The van der Waals surface area contributed by atoms with Crippen LogP contribution < -0.4 is 5.32 Å². The molecule has 0 atom stereocenters. The van der Waals surface area contributed by atoms with Crippen molar-refractivity contribution < 1.29 is 14.3 Å². The second kappa shape index (κ2) is 4.27. The van der Waals surface area contributed by atoms with Gasteiger partial charge in [-0.1, -0.05) is 0 Å². The summed E-state index contributed by atoms with van der Waals surface area (Å²) in [5, 5.41) is 10.9. The van der Waals surface area contributed by atoms with Gasteiger partial charge in [-0.2, -0.15) is 0 Å². The minimum absolute atomic E-state index is 0.0793. The van der Waals surface area contributed by atoms with Crippen molar-refractivity contribution in [2.75, 3.05) is 13.2 Å². The van der Waals surface area contributed by atoms with Crippen molar-refractivity contribution >= 4 is 21.8 Å². The zero-order valence-electron chi connectivity index (χ0n) is 6.21. The molecule has 0 bridgehead atoms. The van der Waals surface area contributed by atoms with E-state index in [2.05, 4.69) is 21.2 Å². The lowest BCUT2D eigenvalue weighted by Crippen LogP contribution is -2.26. The fourth-order valence-electron chi connectivity index (χ4n) is 0.705. The highest BCUT2D eigenvalue weighted by Crippen LogP contribution is 2.16. The second-order valence-electron chi connectivity index (χ2n) is 2.08. The molecule has 0 spiro atoms. The summed E-state index contributed by atoms with van der Waals surface area (Å²) in [6.07, 6.45) is 1.41. The first-order valence-corrected chi connectivity index (χ1v) is 4.17. The number of aliphatic hydroxyl groups is 1. The molecule has 1 aromatic rings. The minimum atomic E-state index is -0.332. The lowest BCUT2D eigenvalue weighted by molar-refractivity contribution is 0.0916. The molecule has 1 amide bonds. The van der Waals surface area contributed by atoms with Crippen molar-refractivity contribution in [2.45, 2.75) is 0 Å². The maximum atomic E-state index is 11.1. The van der Waals surface area contributed by atoms with Crippen LogP contribution in [0, 0.1) is 0 Å². The zero-order chi connectivity index (χ0) is 8.97. The van der Waals surface area contributed by atoms with Gasteiger partial charge in [-0.25, -0.2) is 0 Å². The van der Waals surface area contributed by atoms with Gasteiger partial charge in [-0.05, 0) is 22.0 Å². The van der Waals surface area contributed by atoms with Gasteiger partial charge in [0.2, 0.25) is 5.76 Å². The Balaban J connectivity index is 2.59. The van der Waals surface area contributed by atoms with Gasteiger partial charge in [0.1, 0.15) is 0 Å². The summed E-state index contributed by atoms with van der Waals surface area (Å²) in [6, 6.07) is 1.63. The number of amides is 1. The van der Waals surface area contributed by atoms with Crippen LogP contribution in [-0.4, -0.2) is 24.2 Å². The highest BCUT2D eigenvalue weighted by molar-refractivity contribution is 9.10. The van der Waals surface area contributed by atoms with E-state index in [0.29, 0.717) is 4.47 Å². The van der Waals surface area contributed by atoms with E-state index in [1.807, 2.05) is 0 Å². The molecule has 5 heteroatoms. The fourth-order valence-corrected chi connectivity index (χ4v) is 1.09. The number of hydrogen-bond donors (Lipinski definition) is 2. The fraction of sp³-hybridized carbons (Fsp3) is 0.286. The molecule has 0 aliphatic rings. The number of nitrogens with one attached hydrogen (secondary N) is 1. The van der Waals surface area contributed by atoms with Crippen molar-refractivity contribution in [1.82, 2.24) is 5.32 Å². The summed E-state index contributed by atoms with van der Waals surface area (Å²) in [4.78, 5) is 11.1. The summed E-state index contributed by atoms with van der Waals surface area (Å²) < 4.78 is 5.49. The van der Waals surface area contributed by atoms with Gasteiger partial charge >= 0.3 is 0 Å². The molecule has 1 aromatic heterocycles. The van der Waals surface area contributed by atoms with E-state index < -0.39 is 0 Å². The third-order valence-corrected chi connectivity index (χ3v) is 1.85. The average molecular weight is 234 g/mol. The van der Waals surface area contributed by atoms with E-state index >= 15 is 0 Å². The Morgan fingerprint density at radius 1 is 1.75 bits per heavy atom. The normalized spacial score (nSPS) is 9.83. The number of aliphatic hydroxyl groups excluding tert-OH is 1. The molecule has 1 heterocycles. The third kappa shape index (κ3) is 2.09. The van der Waals surface area contributed by atoms with Crippen LogP contribution in [0.4, 0.5) is 0 Å². The zero-order valence-corrected chi connectivity index (χ0v) is 7.80. The summed E-state index contributed by atoms with van der Waals surface area (Å²) in [5.41, 5.74) is 0. The lowest BCUT2D eigenvalue weighted by atomic mass is 10.4. The van der Waals surface area contributed by atoms with Gasteiger partial charge in [0.15, 0.2) is 0 Å². The average Bonchev–Trinajstić information content (AvgIpc) is 2.47. The Labute approximate surface area is 77.7 Å². The van der Waals surface area contributed by atoms with Crippen molar-refractivity contribution in [3.63, 3.8) is 0 Å². The van der Waals surface area contributed by atoms with Crippen LogP contribution in [0.25, 0.3) is 0 Å². The summed E-state index contributed by atoms with van der Waals surface area (Å²) >= 11 is 3.14. The number of furan rings is 1. The Kier molecular flexibility index (Phi) is 3.31. The van der Waals surface area contributed by atoms with Crippen LogP contribution in [0.2, 0.25) is 0 Å².